The normalized spacial score (nSPS) is 10.3. The molecule has 0 fully saturated rings. The zero-order chi connectivity index (χ0) is 10.7. The fourth-order valence-electron chi connectivity index (χ4n) is 1.24. The highest BCUT2D eigenvalue weighted by Crippen LogP contribution is 2.08. The van der Waals surface area contributed by atoms with Gasteiger partial charge in [-0.15, -0.1) is 10.2 Å². The monoisotopic (exact) mass is 203 g/mol. The lowest BCUT2D eigenvalue weighted by Gasteiger charge is -2.02. The summed E-state index contributed by atoms with van der Waals surface area (Å²) in [6, 6.07) is 0. The van der Waals surface area contributed by atoms with Crippen LogP contribution in [0.4, 0.5) is 5.82 Å². The molecule has 5 heteroatoms. The SMILES string of the molecule is CC(C)=CCNc1nccn2cnnc12. The van der Waals surface area contributed by atoms with Gasteiger partial charge in [0.1, 0.15) is 6.33 Å². The first kappa shape index (κ1) is 9.64. The minimum atomic E-state index is 0.750. The molecule has 1 N–H and O–H groups in total. The quantitative estimate of drug-likeness (QED) is 0.768. The molecule has 5 nitrogen and oxygen atoms in total. The molecule has 2 heterocycles. The van der Waals surface area contributed by atoms with E-state index in [4.69, 9.17) is 0 Å². The van der Waals surface area contributed by atoms with Gasteiger partial charge in [-0.3, -0.25) is 4.40 Å². The lowest BCUT2D eigenvalue weighted by atomic mass is 10.3. The van der Waals surface area contributed by atoms with E-state index >= 15 is 0 Å². The molecule has 0 aliphatic rings. The largest absolute Gasteiger partial charge is 0.363 e. The number of aromatic nitrogens is 4. The van der Waals surface area contributed by atoms with E-state index in [1.807, 2.05) is 10.6 Å². The Balaban J connectivity index is 2.20. The molecule has 2 aromatic heterocycles. The van der Waals surface area contributed by atoms with Gasteiger partial charge in [-0.05, 0) is 13.8 Å². The predicted octanol–water partition coefficient (Wildman–Crippen LogP) is 1.50. The van der Waals surface area contributed by atoms with Crippen molar-refractivity contribution in [3.05, 3.63) is 30.4 Å². The van der Waals surface area contributed by atoms with Gasteiger partial charge in [0.2, 0.25) is 5.65 Å². The fraction of sp³-hybridized carbons (Fsp3) is 0.300. The molecule has 0 bridgehead atoms. The first-order valence-electron chi connectivity index (χ1n) is 4.79. The van der Waals surface area contributed by atoms with Gasteiger partial charge in [0, 0.05) is 18.9 Å². The van der Waals surface area contributed by atoms with E-state index in [-0.39, 0.29) is 0 Å². The van der Waals surface area contributed by atoms with E-state index in [2.05, 4.69) is 40.4 Å². The first-order valence-corrected chi connectivity index (χ1v) is 4.79. The van der Waals surface area contributed by atoms with Crippen LogP contribution in [0.3, 0.4) is 0 Å². The molecule has 0 saturated heterocycles. The first-order chi connectivity index (χ1) is 7.27. The van der Waals surface area contributed by atoms with Crippen molar-refractivity contribution in [1.29, 1.82) is 0 Å². The molecule has 0 aliphatic carbocycles. The zero-order valence-electron chi connectivity index (χ0n) is 8.81. The zero-order valence-corrected chi connectivity index (χ0v) is 8.81. The number of nitrogens with zero attached hydrogens (tertiary/aromatic N) is 4. The smallest absolute Gasteiger partial charge is 0.203 e. The third-order valence-corrected chi connectivity index (χ3v) is 2.00. The number of anilines is 1. The van der Waals surface area contributed by atoms with E-state index in [1.165, 1.54) is 5.57 Å². The van der Waals surface area contributed by atoms with Crippen LogP contribution in [0, 0.1) is 0 Å². The van der Waals surface area contributed by atoms with E-state index in [1.54, 1.807) is 12.5 Å². The second-order valence-corrected chi connectivity index (χ2v) is 3.50. The van der Waals surface area contributed by atoms with Crippen molar-refractivity contribution < 1.29 is 0 Å². The number of fused-ring (bicyclic) bond motifs is 1. The van der Waals surface area contributed by atoms with Crippen molar-refractivity contribution in [2.75, 3.05) is 11.9 Å². The molecule has 0 amide bonds. The van der Waals surface area contributed by atoms with Crippen LogP contribution in [0.5, 0.6) is 0 Å². The number of nitrogens with one attached hydrogen (secondary N) is 1. The summed E-state index contributed by atoms with van der Waals surface area (Å²) in [6.45, 7) is 4.88. The topological polar surface area (TPSA) is 55.1 Å². The predicted molar refractivity (Wildman–Crippen MR) is 58.7 cm³/mol. The Labute approximate surface area is 87.9 Å². The van der Waals surface area contributed by atoms with Crippen LogP contribution in [0.25, 0.3) is 5.65 Å². The summed E-state index contributed by atoms with van der Waals surface area (Å²) in [6.07, 6.45) is 7.30. The Kier molecular flexibility index (Phi) is 2.62. The van der Waals surface area contributed by atoms with Gasteiger partial charge in [0.25, 0.3) is 0 Å². The van der Waals surface area contributed by atoms with Gasteiger partial charge < -0.3 is 5.32 Å². The maximum atomic E-state index is 4.21. The van der Waals surface area contributed by atoms with Crippen molar-refractivity contribution in [3.63, 3.8) is 0 Å². The summed E-state index contributed by atoms with van der Waals surface area (Å²) in [7, 11) is 0. The standard InChI is InChI=1S/C10H13N5/c1-8(2)3-4-11-9-10-14-13-7-15(10)6-5-12-9/h3,5-7H,4H2,1-2H3,(H,11,12). The van der Waals surface area contributed by atoms with Crippen molar-refractivity contribution in [1.82, 2.24) is 19.6 Å². The van der Waals surface area contributed by atoms with Crippen molar-refractivity contribution in [2.24, 2.45) is 0 Å². The highest BCUT2D eigenvalue weighted by molar-refractivity contribution is 5.61. The molecule has 0 unspecified atom stereocenters. The Bertz CT molecular complexity index is 481. The summed E-state index contributed by atoms with van der Waals surface area (Å²) in [4.78, 5) is 4.21. The highest BCUT2D eigenvalue weighted by atomic mass is 15.2. The van der Waals surface area contributed by atoms with Crippen LogP contribution < -0.4 is 5.32 Å². The number of hydrogen-bond donors (Lipinski definition) is 1. The molecular weight excluding hydrogens is 190 g/mol. The van der Waals surface area contributed by atoms with Crippen molar-refractivity contribution in [2.45, 2.75) is 13.8 Å². The average molecular weight is 203 g/mol. The molecule has 78 valence electrons. The maximum absolute atomic E-state index is 4.21. The molecule has 0 radical (unpaired) electrons. The van der Waals surface area contributed by atoms with E-state index < -0.39 is 0 Å². The molecule has 15 heavy (non-hydrogen) atoms. The van der Waals surface area contributed by atoms with Crippen molar-refractivity contribution >= 4 is 11.5 Å². The maximum Gasteiger partial charge on any atom is 0.203 e. The van der Waals surface area contributed by atoms with Crippen LogP contribution in [-0.4, -0.2) is 26.1 Å². The Morgan fingerprint density at radius 1 is 1.53 bits per heavy atom. The average Bonchev–Trinajstić information content (AvgIpc) is 2.65. The lowest BCUT2D eigenvalue weighted by Crippen LogP contribution is -2.03. The number of hydrogen-bond acceptors (Lipinski definition) is 4. The van der Waals surface area contributed by atoms with Gasteiger partial charge in [0.05, 0.1) is 0 Å². The van der Waals surface area contributed by atoms with Crippen LogP contribution >= 0.6 is 0 Å². The van der Waals surface area contributed by atoms with Crippen molar-refractivity contribution in [3.8, 4) is 0 Å². The van der Waals surface area contributed by atoms with Crippen LogP contribution in [0.2, 0.25) is 0 Å². The van der Waals surface area contributed by atoms with E-state index in [9.17, 15) is 0 Å². The molecule has 0 saturated carbocycles. The van der Waals surface area contributed by atoms with Crippen LogP contribution in [-0.2, 0) is 0 Å². The minimum absolute atomic E-state index is 0.750. The van der Waals surface area contributed by atoms with Crippen LogP contribution in [0.15, 0.2) is 30.4 Å². The summed E-state index contributed by atoms with van der Waals surface area (Å²) in [5.74, 6) is 0.757. The third-order valence-electron chi connectivity index (χ3n) is 2.00. The molecule has 2 rings (SSSR count). The number of rotatable bonds is 3. The van der Waals surface area contributed by atoms with Gasteiger partial charge in [-0.1, -0.05) is 11.6 Å². The molecule has 0 atom stereocenters. The van der Waals surface area contributed by atoms with E-state index in [0.717, 1.165) is 18.0 Å². The van der Waals surface area contributed by atoms with Gasteiger partial charge in [-0.2, -0.15) is 0 Å². The Hall–Kier alpha value is -1.91. The summed E-state index contributed by atoms with van der Waals surface area (Å²) < 4.78 is 1.83. The Morgan fingerprint density at radius 3 is 3.20 bits per heavy atom. The van der Waals surface area contributed by atoms with Gasteiger partial charge >= 0.3 is 0 Å². The molecule has 2 aromatic rings. The Morgan fingerprint density at radius 2 is 2.40 bits per heavy atom. The lowest BCUT2D eigenvalue weighted by molar-refractivity contribution is 1.10. The second kappa shape index (κ2) is 4.08. The van der Waals surface area contributed by atoms with Crippen LogP contribution in [0.1, 0.15) is 13.8 Å². The molecule has 0 spiro atoms. The minimum Gasteiger partial charge on any atom is -0.363 e. The molecule has 0 aliphatic heterocycles. The van der Waals surface area contributed by atoms with E-state index in [0.29, 0.717) is 0 Å². The molecule has 0 aromatic carbocycles. The second-order valence-electron chi connectivity index (χ2n) is 3.50. The fourth-order valence-corrected chi connectivity index (χ4v) is 1.24. The summed E-state index contributed by atoms with van der Waals surface area (Å²) >= 11 is 0. The highest BCUT2D eigenvalue weighted by Gasteiger charge is 2.02. The van der Waals surface area contributed by atoms with Gasteiger partial charge in [-0.25, -0.2) is 4.98 Å². The summed E-state index contributed by atoms with van der Waals surface area (Å²) in [5, 5.41) is 11.0. The van der Waals surface area contributed by atoms with Gasteiger partial charge in [0.15, 0.2) is 5.82 Å². The molecular formula is C10H13N5. The summed E-state index contributed by atoms with van der Waals surface area (Å²) in [5.41, 5.74) is 2.02. The number of allylic oxidation sites excluding steroid dienone is 1. The third kappa shape index (κ3) is 2.12.